The zero-order valence-electron chi connectivity index (χ0n) is 13.5. The van der Waals surface area contributed by atoms with Crippen LogP contribution in [0.1, 0.15) is 32.5 Å². The van der Waals surface area contributed by atoms with Crippen LogP contribution in [0.4, 0.5) is 0 Å². The molecular weight excluding hydrogens is 340 g/mol. The SMILES string of the molecule is CCOC(=O)c1sc2cccnc2c1COc1ccc(C(N)=O)cc1. The van der Waals surface area contributed by atoms with Gasteiger partial charge in [0.05, 0.1) is 16.8 Å². The molecule has 2 aromatic heterocycles. The van der Waals surface area contributed by atoms with Gasteiger partial charge < -0.3 is 15.2 Å². The smallest absolute Gasteiger partial charge is 0.348 e. The zero-order valence-corrected chi connectivity index (χ0v) is 14.3. The summed E-state index contributed by atoms with van der Waals surface area (Å²) in [5, 5.41) is 0. The highest BCUT2D eigenvalue weighted by Crippen LogP contribution is 2.31. The molecule has 0 atom stereocenters. The fourth-order valence-corrected chi connectivity index (χ4v) is 3.41. The second kappa shape index (κ2) is 7.31. The van der Waals surface area contributed by atoms with Crippen LogP contribution in [0, 0.1) is 0 Å². The van der Waals surface area contributed by atoms with Crippen molar-refractivity contribution in [3.8, 4) is 5.75 Å². The summed E-state index contributed by atoms with van der Waals surface area (Å²) in [6, 6.07) is 10.2. The normalized spacial score (nSPS) is 10.6. The Morgan fingerprint density at radius 1 is 1.20 bits per heavy atom. The van der Waals surface area contributed by atoms with Crippen LogP contribution in [0.15, 0.2) is 42.6 Å². The first-order chi connectivity index (χ1) is 12.1. The minimum absolute atomic E-state index is 0.168. The van der Waals surface area contributed by atoms with E-state index in [1.54, 1.807) is 37.4 Å². The molecule has 3 aromatic rings. The molecule has 0 spiro atoms. The van der Waals surface area contributed by atoms with Gasteiger partial charge in [-0.25, -0.2) is 4.79 Å². The molecule has 0 unspecified atom stereocenters. The lowest BCUT2D eigenvalue weighted by Crippen LogP contribution is -2.10. The number of amides is 1. The highest BCUT2D eigenvalue weighted by Gasteiger charge is 2.20. The van der Waals surface area contributed by atoms with Gasteiger partial charge >= 0.3 is 5.97 Å². The van der Waals surface area contributed by atoms with Gasteiger partial charge in [-0.3, -0.25) is 9.78 Å². The van der Waals surface area contributed by atoms with Crippen molar-refractivity contribution in [1.29, 1.82) is 0 Å². The first kappa shape index (κ1) is 16.9. The molecule has 0 saturated heterocycles. The molecular formula is C18H16N2O4S. The summed E-state index contributed by atoms with van der Waals surface area (Å²) in [6.45, 7) is 2.23. The number of thiophene rings is 1. The van der Waals surface area contributed by atoms with E-state index in [4.69, 9.17) is 15.2 Å². The van der Waals surface area contributed by atoms with Crippen LogP contribution in [0.5, 0.6) is 5.75 Å². The molecule has 0 saturated carbocycles. The van der Waals surface area contributed by atoms with Crippen molar-refractivity contribution in [2.45, 2.75) is 13.5 Å². The molecule has 25 heavy (non-hydrogen) atoms. The third-order valence-corrected chi connectivity index (χ3v) is 4.69. The van der Waals surface area contributed by atoms with E-state index in [1.807, 2.05) is 12.1 Å². The number of benzene rings is 1. The van der Waals surface area contributed by atoms with Gasteiger partial charge in [-0.05, 0) is 43.3 Å². The highest BCUT2D eigenvalue weighted by atomic mass is 32.1. The van der Waals surface area contributed by atoms with E-state index in [-0.39, 0.29) is 12.6 Å². The van der Waals surface area contributed by atoms with Crippen LogP contribution in [-0.4, -0.2) is 23.5 Å². The summed E-state index contributed by atoms with van der Waals surface area (Å²) in [5.41, 5.74) is 7.04. The second-order valence-electron chi connectivity index (χ2n) is 5.16. The standard InChI is InChI=1S/C18H16N2O4S/c1-2-23-18(22)16-13(15-14(25-16)4-3-9-20-15)10-24-12-7-5-11(6-8-12)17(19)21/h3-9H,2,10H2,1H3,(H2,19,21). The number of ether oxygens (including phenoxy) is 2. The molecule has 3 rings (SSSR count). The number of primary amides is 1. The fraction of sp³-hybridized carbons (Fsp3) is 0.167. The van der Waals surface area contributed by atoms with Crippen molar-refractivity contribution in [2.75, 3.05) is 6.61 Å². The number of rotatable bonds is 6. The summed E-state index contributed by atoms with van der Waals surface area (Å²) in [7, 11) is 0. The molecule has 0 bridgehead atoms. The Balaban J connectivity index is 1.87. The first-order valence-electron chi connectivity index (χ1n) is 7.66. The Hall–Kier alpha value is -2.93. The molecule has 6 nitrogen and oxygen atoms in total. The zero-order chi connectivity index (χ0) is 17.8. The Labute approximate surface area is 148 Å². The van der Waals surface area contributed by atoms with Crippen LogP contribution < -0.4 is 10.5 Å². The van der Waals surface area contributed by atoms with Crippen molar-refractivity contribution in [3.63, 3.8) is 0 Å². The van der Waals surface area contributed by atoms with E-state index in [0.29, 0.717) is 28.4 Å². The summed E-state index contributed by atoms with van der Waals surface area (Å²) in [5.74, 6) is -0.313. The number of fused-ring (bicyclic) bond motifs is 1. The molecule has 0 aliphatic heterocycles. The Kier molecular flexibility index (Phi) is 4.95. The van der Waals surface area contributed by atoms with E-state index in [0.717, 1.165) is 10.2 Å². The van der Waals surface area contributed by atoms with E-state index in [2.05, 4.69) is 4.98 Å². The number of aromatic nitrogens is 1. The number of nitrogens with two attached hydrogens (primary N) is 1. The molecule has 0 radical (unpaired) electrons. The second-order valence-corrected chi connectivity index (χ2v) is 6.21. The van der Waals surface area contributed by atoms with Gasteiger partial charge in [0.1, 0.15) is 17.2 Å². The third kappa shape index (κ3) is 3.61. The average Bonchev–Trinajstić information content (AvgIpc) is 2.99. The number of hydrogen-bond acceptors (Lipinski definition) is 6. The summed E-state index contributed by atoms with van der Waals surface area (Å²) < 4.78 is 11.8. The van der Waals surface area contributed by atoms with Gasteiger partial charge in [0.15, 0.2) is 0 Å². The molecule has 0 fully saturated rings. The minimum atomic E-state index is -0.496. The molecule has 0 aliphatic rings. The maximum absolute atomic E-state index is 12.2. The topological polar surface area (TPSA) is 91.5 Å². The van der Waals surface area contributed by atoms with E-state index in [1.165, 1.54) is 11.3 Å². The maximum atomic E-state index is 12.2. The number of carbonyl (C=O) groups excluding carboxylic acids is 2. The van der Waals surface area contributed by atoms with Gasteiger partial charge in [0.25, 0.3) is 0 Å². The van der Waals surface area contributed by atoms with Crippen LogP contribution in [0.25, 0.3) is 10.2 Å². The average molecular weight is 356 g/mol. The largest absolute Gasteiger partial charge is 0.489 e. The van der Waals surface area contributed by atoms with Crippen LogP contribution >= 0.6 is 11.3 Å². The number of nitrogens with zero attached hydrogens (tertiary/aromatic N) is 1. The molecule has 1 amide bonds. The fourth-order valence-electron chi connectivity index (χ4n) is 2.34. The van der Waals surface area contributed by atoms with Crippen molar-refractivity contribution < 1.29 is 19.1 Å². The molecule has 0 aliphatic carbocycles. The van der Waals surface area contributed by atoms with Crippen LogP contribution in [0.2, 0.25) is 0 Å². The quantitative estimate of drug-likeness (QED) is 0.685. The molecule has 7 heteroatoms. The third-order valence-electron chi connectivity index (χ3n) is 3.53. The minimum Gasteiger partial charge on any atom is -0.489 e. The van der Waals surface area contributed by atoms with Crippen molar-refractivity contribution >= 4 is 33.4 Å². The van der Waals surface area contributed by atoms with E-state index in [9.17, 15) is 9.59 Å². The monoisotopic (exact) mass is 356 g/mol. The lowest BCUT2D eigenvalue weighted by atomic mass is 10.2. The molecule has 1 aromatic carbocycles. The number of pyridine rings is 1. The van der Waals surface area contributed by atoms with Crippen molar-refractivity contribution in [2.24, 2.45) is 5.73 Å². The lowest BCUT2D eigenvalue weighted by molar-refractivity contribution is 0.0529. The van der Waals surface area contributed by atoms with Crippen molar-refractivity contribution in [3.05, 3.63) is 58.6 Å². The number of esters is 1. The predicted molar refractivity (Wildman–Crippen MR) is 94.9 cm³/mol. The van der Waals surface area contributed by atoms with Crippen LogP contribution in [0.3, 0.4) is 0 Å². The Bertz CT molecular complexity index is 918. The van der Waals surface area contributed by atoms with Gasteiger partial charge in [0.2, 0.25) is 5.91 Å². The van der Waals surface area contributed by atoms with Crippen molar-refractivity contribution in [1.82, 2.24) is 4.98 Å². The summed E-state index contributed by atoms with van der Waals surface area (Å²) in [6.07, 6.45) is 1.68. The van der Waals surface area contributed by atoms with Gasteiger partial charge in [-0.1, -0.05) is 0 Å². The van der Waals surface area contributed by atoms with E-state index >= 15 is 0 Å². The van der Waals surface area contributed by atoms with Gasteiger partial charge in [0, 0.05) is 17.3 Å². The van der Waals surface area contributed by atoms with Crippen LogP contribution in [-0.2, 0) is 11.3 Å². The van der Waals surface area contributed by atoms with Gasteiger partial charge in [-0.2, -0.15) is 0 Å². The Morgan fingerprint density at radius 2 is 1.96 bits per heavy atom. The molecule has 128 valence electrons. The maximum Gasteiger partial charge on any atom is 0.348 e. The lowest BCUT2D eigenvalue weighted by Gasteiger charge is -2.08. The Morgan fingerprint density at radius 3 is 2.64 bits per heavy atom. The summed E-state index contributed by atoms with van der Waals surface area (Å²) in [4.78, 5) is 28.2. The molecule has 2 heterocycles. The predicted octanol–water partition coefficient (Wildman–Crippen LogP) is 3.15. The summed E-state index contributed by atoms with van der Waals surface area (Å²) >= 11 is 1.34. The number of carbonyl (C=O) groups is 2. The molecule has 2 N–H and O–H groups in total. The van der Waals surface area contributed by atoms with Gasteiger partial charge in [-0.15, -0.1) is 11.3 Å². The van der Waals surface area contributed by atoms with E-state index < -0.39 is 5.91 Å². The number of hydrogen-bond donors (Lipinski definition) is 1. The highest BCUT2D eigenvalue weighted by molar-refractivity contribution is 7.20. The first-order valence-corrected chi connectivity index (χ1v) is 8.48.